The molecular weight excluding hydrogens is 483 g/mol. The van der Waals surface area contributed by atoms with Crippen molar-refractivity contribution in [1.82, 2.24) is 20.2 Å². The molecule has 3 heterocycles. The second-order valence-electron chi connectivity index (χ2n) is 9.27. The van der Waals surface area contributed by atoms with Crippen LogP contribution < -0.4 is 10.6 Å². The molecule has 0 radical (unpaired) electrons. The summed E-state index contributed by atoms with van der Waals surface area (Å²) in [6.45, 7) is 5.27. The molecule has 0 bridgehead atoms. The van der Waals surface area contributed by atoms with Gasteiger partial charge in [0.1, 0.15) is 17.6 Å². The van der Waals surface area contributed by atoms with Crippen LogP contribution in [0.1, 0.15) is 65.4 Å². The molecule has 2 aliphatic rings. The third-order valence-corrected chi connectivity index (χ3v) is 7.58. The molecular formula is C23H28F3N5O3S. The fourth-order valence-electron chi connectivity index (χ4n) is 4.24. The smallest absolute Gasteiger partial charge is 0.393 e. The number of aryl methyl sites for hydroxylation is 1. The van der Waals surface area contributed by atoms with Gasteiger partial charge < -0.3 is 20.6 Å². The van der Waals surface area contributed by atoms with Gasteiger partial charge in [-0.3, -0.25) is 9.59 Å². The van der Waals surface area contributed by atoms with E-state index in [2.05, 4.69) is 20.6 Å². The van der Waals surface area contributed by atoms with Crippen molar-refractivity contribution >= 4 is 29.0 Å². The number of likely N-dealkylation sites (tertiary alicyclic amines) is 1. The topological polar surface area (TPSA) is 107 Å². The number of nitrogens with one attached hydrogen (secondary N) is 2. The summed E-state index contributed by atoms with van der Waals surface area (Å²) in [5.41, 5.74) is 1.26. The van der Waals surface area contributed by atoms with Gasteiger partial charge in [0.25, 0.3) is 11.8 Å². The Labute approximate surface area is 205 Å². The van der Waals surface area contributed by atoms with Crippen LogP contribution in [0.3, 0.4) is 0 Å². The number of hydrogen-bond acceptors (Lipinski definition) is 7. The molecule has 2 aromatic rings. The number of aliphatic hydroxyl groups excluding tert-OH is 1. The molecule has 0 aromatic carbocycles. The van der Waals surface area contributed by atoms with Gasteiger partial charge in [0, 0.05) is 30.4 Å². The first-order chi connectivity index (χ1) is 16.4. The van der Waals surface area contributed by atoms with E-state index in [0.29, 0.717) is 35.4 Å². The summed E-state index contributed by atoms with van der Waals surface area (Å²) < 4.78 is 38.8. The standard InChI is InChI=1S/C23H28F3N5O3S/c1-11-7-17(28-13(3)23(24,25)26)27-10-16(11)19-18(22(34)31-6-4-5-12(31)2)30-21(35-19)20(33)29-14-8-15(32)9-14/h7,10,12-15,32H,4-6,8-9H2,1-3H3,(H,27,28)(H,29,33)/t12-,13-,14-,15-/m0/s1. The van der Waals surface area contributed by atoms with Crippen LogP contribution in [-0.2, 0) is 0 Å². The zero-order chi connectivity index (χ0) is 25.5. The zero-order valence-corrected chi connectivity index (χ0v) is 20.5. The Bertz CT molecular complexity index is 1120. The normalized spacial score (nSPS) is 23.1. The number of hydrogen-bond donors (Lipinski definition) is 3. The molecule has 3 N–H and O–H groups in total. The van der Waals surface area contributed by atoms with E-state index in [1.165, 1.54) is 12.3 Å². The van der Waals surface area contributed by atoms with Crippen molar-refractivity contribution in [1.29, 1.82) is 0 Å². The molecule has 2 fully saturated rings. The lowest BCUT2D eigenvalue weighted by Crippen LogP contribution is -2.46. The lowest BCUT2D eigenvalue weighted by Gasteiger charge is -2.31. The van der Waals surface area contributed by atoms with Gasteiger partial charge in [0.15, 0.2) is 5.01 Å². The van der Waals surface area contributed by atoms with Crippen molar-refractivity contribution < 1.29 is 27.9 Å². The molecule has 12 heteroatoms. The number of alkyl halides is 3. The van der Waals surface area contributed by atoms with Crippen molar-refractivity contribution in [3.63, 3.8) is 0 Å². The first kappa shape index (κ1) is 25.4. The zero-order valence-electron chi connectivity index (χ0n) is 19.6. The van der Waals surface area contributed by atoms with Crippen molar-refractivity contribution in [3.05, 3.63) is 28.5 Å². The monoisotopic (exact) mass is 511 g/mol. The van der Waals surface area contributed by atoms with Crippen molar-refractivity contribution in [2.75, 3.05) is 11.9 Å². The van der Waals surface area contributed by atoms with Gasteiger partial charge in [-0.2, -0.15) is 13.2 Å². The van der Waals surface area contributed by atoms with Gasteiger partial charge in [-0.15, -0.1) is 11.3 Å². The SMILES string of the molecule is Cc1cc(N[C@@H](C)C(F)(F)F)ncc1-c1sc(C(=O)N[C@H]2C[C@H](O)C2)nc1C(=O)N1CCC[C@@H]1C. The molecule has 2 atom stereocenters. The van der Waals surface area contributed by atoms with E-state index in [1.807, 2.05) is 6.92 Å². The van der Waals surface area contributed by atoms with E-state index in [0.717, 1.165) is 31.1 Å². The summed E-state index contributed by atoms with van der Waals surface area (Å²) in [4.78, 5) is 36.9. The maximum atomic E-state index is 13.4. The summed E-state index contributed by atoms with van der Waals surface area (Å²) in [6.07, 6.45) is -0.756. The predicted molar refractivity (Wildman–Crippen MR) is 125 cm³/mol. The van der Waals surface area contributed by atoms with Crippen LogP contribution in [0.4, 0.5) is 19.0 Å². The van der Waals surface area contributed by atoms with Crippen molar-refractivity contribution in [2.24, 2.45) is 0 Å². The maximum absolute atomic E-state index is 13.4. The van der Waals surface area contributed by atoms with Gasteiger partial charge in [-0.05, 0) is 58.1 Å². The number of halogens is 3. The Morgan fingerprint density at radius 1 is 1.31 bits per heavy atom. The third kappa shape index (κ3) is 5.43. The molecule has 1 aliphatic heterocycles. The van der Waals surface area contributed by atoms with E-state index in [4.69, 9.17) is 0 Å². The number of aromatic nitrogens is 2. The minimum absolute atomic E-state index is 0.0421. The van der Waals surface area contributed by atoms with Crippen LogP contribution in [-0.4, -0.2) is 68.7 Å². The highest BCUT2D eigenvalue weighted by atomic mass is 32.1. The van der Waals surface area contributed by atoms with Crippen LogP contribution in [0.5, 0.6) is 0 Å². The van der Waals surface area contributed by atoms with Crippen LogP contribution in [0, 0.1) is 6.92 Å². The summed E-state index contributed by atoms with van der Waals surface area (Å²) in [5.74, 6) is -0.653. The summed E-state index contributed by atoms with van der Waals surface area (Å²) in [6, 6.07) is -0.398. The van der Waals surface area contributed by atoms with E-state index in [9.17, 15) is 27.9 Å². The number of pyridine rings is 1. The van der Waals surface area contributed by atoms with Gasteiger partial charge in [0.2, 0.25) is 0 Å². The van der Waals surface area contributed by atoms with Crippen LogP contribution in [0.15, 0.2) is 12.3 Å². The van der Waals surface area contributed by atoms with Crippen molar-refractivity contribution in [3.8, 4) is 10.4 Å². The summed E-state index contributed by atoms with van der Waals surface area (Å²) >= 11 is 1.05. The van der Waals surface area contributed by atoms with Gasteiger partial charge in [-0.1, -0.05) is 0 Å². The molecule has 1 aliphatic carbocycles. The molecule has 2 amide bonds. The fraction of sp³-hybridized carbons (Fsp3) is 0.565. The highest BCUT2D eigenvalue weighted by molar-refractivity contribution is 7.17. The molecule has 1 saturated carbocycles. The quantitative estimate of drug-likeness (QED) is 0.545. The number of rotatable bonds is 6. The highest BCUT2D eigenvalue weighted by Gasteiger charge is 2.37. The third-order valence-electron chi connectivity index (χ3n) is 6.50. The molecule has 190 valence electrons. The number of carbonyl (C=O) groups excluding carboxylic acids is 2. The first-order valence-corrected chi connectivity index (χ1v) is 12.4. The molecule has 1 saturated heterocycles. The number of nitrogens with zero attached hydrogens (tertiary/aromatic N) is 3. The molecule has 0 spiro atoms. The predicted octanol–water partition coefficient (Wildman–Crippen LogP) is 3.75. The maximum Gasteiger partial charge on any atom is 0.408 e. The Morgan fingerprint density at radius 2 is 2.03 bits per heavy atom. The number of thiazole rings is 1. The Balaban J connectivity index is 1.66. The minimum atomic E-state index is -4.42. The van der Waals surface area contributed by atoms with Crippen LogP contribution >= 0.6 is 11.3 Å². The highest BCUT2D eigenvalue weighted by Crippen LogP contribution is 2.36. The minimum Gasteiger partial charge on any atom is -0.393 e. The Kier molecular flexibility index (Phi) is 7.05. The van der Waals surface area contributed by atoms with E-state index in [-0.39, 0.29) is 34.5 Å². The van der Waals surface area contributed by atoms with Crippen molar-refractivity contribution in [2.45, 2.75) is 76.9 Å². The van der Waals surface area contributed by atoms with E-state index in [1.54, 1.807) is 11.8 Å². The molecule has 0 unspecified atom stereocenters. The largest absolute Gasteiger partial charge is 0.408 e. The number of aliphatic hydroxyl groups is 1. The lowest BCUT2D eigenvalue weighted by atomic mass is 9.89. The number of carbonyl (C=O) groups is 2. The summed E-state index contributed by atoms with van der Waals surface area (Å²) in [7, 11) is 0. The van der Waals surface area contributed by atoms with Crippen LogP contribution in [0.25, 0.3) is 10.4 Å². The molecule has 35 heavy (non-hydrogen) atoms. The second-order valence-corrected chi connectivity index (χ2v) is 10.3. The van der Waals surface area contributed by atoms with Gasteiger partial charge in [0.05, 0.1) is 11.0 Å². The van der Waals surface area contributed by atoms with E-state index >= 15 is 0 Å². The second kappa shape index (κ2) is 9.73. The number of amides is 2. The van der Waals surface area contributed by atoms with Gasteiger partial charge >= 0.3 is 6.18 Å². The van der Waals surface area contributed by atoms with Crippen LogP contribution in [0.2, 0.25) is 0 Å². The Morgan fingerprint density at radius 3 is 2.60 bits per heavy atom. The average molecular weight is 512 g/mol. The molecule has 2 aromatic heterocycles. The molecule has 8 nitrogen and oxygen atoms in total. The average Bonchev–Trinajstić information content (AvgIpc) is 3.38. The summed E-state index contributed by atoms with van der Waals surface area (Å²) in [5, 5.41) is 14.8. The van der Waals surface area contributed by atoms with Gasteiger partial charge in [-0.25, -0.2) is 9.97 Å². The fourth-order valence-corrected chi connectivity index (χ4v) is 5.28. The van der Waals surface area contributed by atoms with E-state index < -0.39 is 24.2 Å². The number of anilines is 1. The first-order valence-electron chi connectivity index (χ1n) is 11.5. The lowest BCUT2D eigenvalue weighted by molar-refractivity contribution is -0.138. The Hall–Kier alpha value is -2.73. The molecule has 4 rings (SSSR count).